The van der Waals surface area contributed by atoms with Crippen molar-refractivity contribution in [3.63, 3.8) is 0 Å². The van der Waals surface area contributed by atoms with Gasteiger partial charge in [0.15, 0.2) is 5.57 Å². The summed E-state index contributed by atoms with van der Waals surface area (Å²) in [5.41, 5.74) is -1.14. The number of nitriles is 3. The Kier molecular flexibility index (Phi) is 4.88. The Balaban J connectivity index is 3.35. The number of anilines is 1. The van der Waals surface area contributed by atoms with Crippen molar-refractivity contribution in [3.05, 3.63) is 43.6 Å². The number of nitro benzene ring substituents is 1. The quantitative estimate of drug-likeness (QED) is 0.519. The number of nitrogens with one attached hydrogen (secondary N) is 1. The van der Waals surface area contributed by atoms with E-state index in [-0.39, 0.29) is 27.1 Å². The van der Waals surface area contributed by atoms with Crippen LogP contribution in [0.25, 0.3) is 0 Å². The summed E-state index contributed by atoms with van der Waals surface area (Å²) in [6.45, 7) is 0. The molecule has 0 spiro atoms. The predicted octanol–water partition coefficient (Wildman–Crippen LogP) is 3.14. The highest BCUT2D eigenvalue weighted by Crippen LogP contribution is 2.35. The maximum atomic E-state index is 10.6. The first-order chi connectivity index (χ1) is 9.44. The lowest BCUT2D eigenvalue weighted by Crippen LogP contribution is -2.02. The molecule has 0 aliphatic carbocycles. The Hall–Kier alpha value is -2.79. The molecule has 0 heterocycles. The van der Waals surface area contributed by atoms with E-state index in [0.717, 1.165) is 12.1 Å². The zero-order valence-corrected chi connectivity index (χ0v) is 11.0. The highest BCUT2D eigenvalue weighted by atomic mass is 35.5. The van der Waals surface area contributed by atoms with Crippen LogP contribution in [0, 0.1) is 44.1 Å². The summed E-state index contributed by atoms with van der Waals surface area (Å²) >= 11 is 11.6. The highest BCUT2D eigenvalue weighted by Gasteiger charge is 2.16. The molecule has 1 aromatic rings. The summed E-state index contributed by atoms with van der Waals surface area (Å²) in [4.78, 5) is 9.93. The molecule has 0 radical (unpaired) electrons. The van der Waals surface area contributed by atoms with Gasteiger partial charge in [-0.1, -0.05) is 23.2 Å². The van der Waals surface area contributed by atoms with E-state index in [1.54, 1.807) is 6.07 Å². The Morgan fingerprint density at radius 3 is 2.00 bits per heavy atom. The third kappa shape index (κ3) is 3.15. The molecule has 20 heavy (non-hydrogen) atoms. The maximum absolute atomic E-state index is 10.6. The number of benzene rings is 1. The highest BCUT2D eigenvalue weighted by molar-refractivity contribution is 6.39. The van der Waals surface area contributed by atoms with E-state index in [2.05, 4.69) is 5.32 Å². The van der Waals surface area contributed by atoms with Crippen LogP contribution in [0.4, 0.5) is 11.4 Å². The Morgan fingerprint density at radius 1 is 1.15 bits per heavy atom. The molecular formula is C11H3Cl2N5O2. The van der Waals surface area contributed by atoms with Crippen molar-refractivity contribution >= 4 is 34.6 Å². The standard InChI is InChI=1S/C11H3Cl2N5O2/c12-8-1-7(18(19)20)2-9(13)11(8)17-10(5-16)6(3-14)4-15/h1-2,17H. The second-order valence-corrected chi connectivity index (χ2v) is 4.07. The van der Waals surface area contributed by atoms with E-state index >= 15 is 0 Å². The largest absolute Gasteiger partial charge is 0.343 e. The van der Waals surface area contributed by atoms with Gasteiger partial charge in [0.1, 0.15) is 23.9 Å². The summed E-state index contributed by atoms with van der Waals surface area (Å²) in [6, 6.07) is 6.74. The van der Waals surface area contributed by atoms with E-state index < -0.39 is 10.5 Å². The number of nitrogens with zero attached hydrogens (tertiary/aromatic N) is 4. The molecule has 0 saturated heterocycles. The smallest absolute Gasteiger partial charge is 0.272 e. The van der Waals surface area contributed by atoms with Crippen LogP contribution in [-0.4, -0.2) is 4.92 Å². The second kappa shape index (κ2) is 6.40. The van der Waals surface area contributed by atoms with Crippen LogP contribution in [0.1, 0.15) is 0 Å². The van der Waals surface area contributed by atoms with Gasteiger partial charge in [0, 0.05) is 12.1 Å². The molecule has 9 heteroatoms. The minimum absolute atomic E-state index is 0.00140. The van der Waals surface area contributed by atoms with Gasteiger partial charge < -0.3 is 5.32 Å². The number of hydrogen-bond acceptors (Lipinski definition) is 6. The molecule has 0 aliphatic heterocycles. The van der Waals surface area contributed by atoms with Crippen LogP contribution >= 0.6 is 23.2 Å². The molecule has 1 aromatic carbocycles. The van der Waals surface area contributed by atoms with Gasteiger partial charge in [-0.05, 0) is 0 Å². The molecule has 1 rings (SSSR count). The van der Waals surface area contributed by atoms with E-state index in [4.69, 9.17) is 39.0 Å². The Bertz CT molecular complexity index is 698. The number of non-ortho nitro benzene ring substituents is 1. The molecule has 0 fully saturated rings. The normalized spacial score (nSPS) is 8.75. The molecule has 0 atom stereocenters. The first-order valence-corrected chi connectivity index (χ1v) is 5.55. The van der Waals surface area contributed by atoms with Crippen molar-refractivity contribution in [3.8, 4) is 18.2 Å². The van der Waals surface area contributed by atoms with E-state index in [9.17, 15) is 10.1 Å². The lowest BCUT2D eigenvalue weighted by atomic mass is 10.2. The average Bonchev–Trinajstić information content (AvgIpc) is 2.41. The zero-order chi connectivity index (χ0) is 15.3. The van der Waals surface area contributed by atoms with Crippen molar-refractivity contribution in [1.82, 2.24) is 0 Å². The van der Waals surface area contributed by atoms with Gasteiger partial charge in [0.25, 0.3) is 5.69 Å². The van der Waals surface area contributed by atoms with Gasteiger partial charge in [-0.2, -0.15) is 15.8 Å². The molecule has 7 nitrogen and oxygen atoms in total. The number of rotatable bonds is 3. The van der Waals surface area contributed by atoms with Crippen molar-refractivity contribution in [2.24, 2.45) is 0 Å². The number of allylic oxidation sites excluding steroid dienone is 2. The first kappa shape index (κ1) is 15.3. The fourth-order valence-electron chi connectivity index (χ4n) is 1.19. The first-order valence-electron chi connectivity index (χ1n) is 4.79. The molecule has 0 amide bonds. The summed E-state index contributed by atoms with van der Waals surface area (Å²) in [5, 5.41) is 39.0. The summed E-state index contributed by atoms with van der Waals surface area (Å²) in [7, 11) is 0. The van der Waals surface area contributed by atoms with Crippen LogP contribution in [-0.2, 0) is 0 Å². The molecular weight excluding hydrogens is 305 g/mol. The lowest BCUT2D eigenvalue weighted by Gasteiger charge is -2.09. The van der Waals surface area contributed by atoms with Gasteiger partial charge in [-0.15, -0.1) is 0 Å². The van der Waals surface area contributed by atoms with E-state index in [1.807, 2.05) is 0 Å². The van der Waals surface area contributed by atoms with Crippen molar-refractivity contribution < 1.29 is 4.92 Å². The fourth-order valence-corrected chi connectivity index (χ4v) is 1.76. The number of nitro groups is 1. The topological polar surface area (TPSA) is 127 Å². The van der Waals surface area contributed by atoms with E-state index in [0.29, 0.717) is 0 Å². The van der Waals surface area contributed by atoms with Crippen LogP contribution < -0.4 is 5.32 Å². The summed E-state index contributed by atoms with van der Waals surface area (Å²) in [6.07, 6.45) is 0. The molecule has 0 aromatic heterocycles. The van der Waals surface area contributed by atoms with Crippen LogP contribution in [0.15, 0.2) is 23.4 Å². The third-order valence-corrected chi connectivity index (χ3v) is 2.67. The second-order valence-electron chi connectivity index (χ2n) is 3.25. The summed E-state index contributed by atoms with van der Waals surface area (Å²) in [5.74, 6) is 0. The lowest BCUT2D eigenvalue weighted by molar-refractivity contribution is -0.384. The molecule has 98 valence electrons. The van der Waals surface area contributed by atoms with Gasteiger partial charge >= 0.3 is 0 Å². The van der Waals surface area contributed by atoms with Crippen molar-refractivity contribution in [2.45, 2.75) is 0 Å². The van der Waals surface area contributed by atoms with Gasteiger partial charge in [0.05, 0.1) is 20.7 Å². The van der Waals surface area contributed by atoms with Crippen LogP contribution in [0.3, 0.4) is 0 Å². The Labute approximate surface area is 123 Å². The maximum Gasteiger partial charge on any atom is 0.272 e. The monoisotopic (exact) mass is 307 g/mol. The fraction of sp³-hybridized carbons (Fsp3) is 0. The van der Waals surface area contributed by atoms with Gasteiger partial charge in [-0.3, -0.25) is 10.1 Å². The zero-order valence-electron chi connectivity index (χ0n) is 9.52. The summed E-state index contributed by atoms with van der Waals surface area (Å²) < 4.78 is 0. The van der Waals surface area contributed by atoms with Crippen LogP contribution in [0.2, 0.25) is 10.0 Å². The van der Waals surface area contributed by atoms with E-state index in [1.165, 1.54) is 12.1 Å². The van der Waals surface area contributed by atoms with Crippen molar-refractivity contribution in [1.29, 1.82) is 15.8 Å². The predicted molar refractivity (Wildman–Crippen MR) is 70.6 cm³/mol. The molecule has 0 saturated carbocycles. The minimum atomic E-state index is -0.682. The molecule has 0 bridgehead atoms. The third-order valence-electron chi connectivity index (χ3n) is 2.07. The molecule has 0 unspecified atom stereocenters. The van der Waals surface area contributed by atoms with Crippen molar-refractivity contribution in [2.75, 3.05) is 5.32 Å². The molecule has 1 N–H and O–H groups in total. The van der Waals surface area contributed by atoms with Gasteiger partial charge in [-0.25, -0.2) is 0 Å². The molecule has 0 aliphatic rings. The SMILES string of the molecule is N#CC(C#N)=C(C#N)Nc1c(Cl)cc([N+](=O)[O-])cc1Cl. The Morgan fingerprint density at radius 2 is 1.65 bits per heavy atom. The van der Waals surface area contributed by atoms with Crippen LogP contribution in [0.5, 0.6) is 0 Å². The number of halogens is 2. The van der Waals surface area contributed by atoms with Gasteiger partial charge in [0.2, 0.25) is 0 Å². The number of hydrogen-bond donors (Lipinski definition) is 1. The minimum Gasteiger partial charge on any atom is -0.343 e. The average molecular weight is 308 g/mol.